The predicted octanol–water partition coefficient (Wildman–Crippen LogP) is 5.14. The summed E-state index contributed by atoms with van der Waals surface area (Å²) in [6.45, 7) is 6.59. The van der Waals surface area contributed by atoms with E-state index in [1.807, 2.05) is 31.2 Å². The molecule has 1 unspecified atom stereocenters. The van der Waals surface area contributed by atoms with Crippen LogP contribution in [0.4, 0.5) is 15.1 Å². The van der Waals surface area contributed by atoms with Crippen LogP contribution in [0.2, 0.25) is 0 Å². The summed E-state index contributed by atoms with van der Waals surface area (Å²) in [4.78, 5) is 22.5. The zero-order chi connectivity index (χ0) is 29.1. The lowest BCUT2D eigenvalue weighted by atomic mass is 9.93. The molecular formula is C31H34FN5O4S. The first-order chi connectivity index (χ1) is 20.5. The molecule has 0 aliphatic carbocycles. The Balaban J connectivity index is 1.04. The fourth-order valence-corrected chi connectivity index (χ4v) is 6.76. The average molecular weight is 592 g/mol. The van der Waals surface area contributed by atoms with Crippen LogP contribution in [0.15, 0.2) is 42.5 Å². The van der Waals surface area contributed by atoms with Crippen LogP contribution in [0.25, 0.3) is 0 Å². The predicted molar refractivity (Wildman–Crippen MR) is 157 cm³/mol. The number of pyridine rings is 1. The van der Waals surface area contributed by atoms with Crippen LogP contribution in [0.3, 0.4) is 0 Å². The molecule has 2 aromatic heterocycles. The number of fused-ring (bicyclic) bond motifs is 1. The van der Waals surface area contributed by atoms with E-state index in [1.54, 1.807) is 18.2 Å². The fourth-order valence-electron chi connectivity index (χ4n) is 5.68. The number of nitrogens with zero attached hydrogens (tertiary/aromatic N) is 4. The van der Waals surface area contributed by atoms with Gasteiger partial charge >= 0.3 is 5.97 Å². The highest BCUT2D eigenvalue weighted by atomic mass is 32.1. The van der Waals surface area contributed by atoms with E-state index in [1.165, 1.54) is 17.4 Å². The summed E-state index contributed by atoms with van der Waals surface area (Å²) in [5.74, 6) is 0.0570. The second kappa shape index (κ2) is 12.7. The van der Waals surface area contributed by atoms with Gasteiger partial charge in [-0.15, -0.1) is 11.3 Å². The number of hydrogen-bond donors (Lipinski definition) is 1. The third kappa shape index (κ3) is 6.21. The van der Waals surface area contributed by atoms with Gasteiger partial charge in [0.05, 0.1) is 30.0 Å². The van der Waals surface area contributed by atoms with Gasteiger partial charge in [0.2, 0.25) is 5.88 Å². The molecule has 0 radical (unpaired) electrons. The molecule has 220 valence electrons. The summed E-state index contributed by atoms with van der Waals surface area (Å²) in [7, 11) is 0. The molecule has 1 N–H and O–H groups in total. The number of thiophene rings is 1. The number of benzene rings is 1. The lowest BCUT2D eigenvalue weighted by Gasteiger charge is -2.38. The normalized spacial score (nSPS) is 20.4. The van der Waals surface area contributed by atoms with Crippen LogP contribution in [0, 0.1) is 17.1 Å². The maximum absolute atomic E-state index is 14.2. The molecule has 2 atom stereocenters. The van der Waals surface area contributed by atoms with Gasteiger partial charge in [0.15, 0.2) is 0 Å². The molecule has 6 rings (SSSR count). The molecule has 2 fully saturated rings. The van der Waals surface area contributed by atoms with Crippen LogP contribution in [-0.2, 0) is 16.1 Å². The van der Waals surface area contributed by atoms with E-state index in [9.17, 15) is 9.18 Å². The van der Waals surface area contributed by atoms with Crippen molar-refractivity contribution in [3.8, 4) is 11.9 Å². The van der Waals surface area contributed by atoms with E-state index in [-0.39, 0.29) is 30.4 Å². The molecule has 0 amide bonds. The van der Waals surface area contributed by atoms with Crippen molar-refractivity contribution < 1.29 is 23.4 Å². The molecular weight excluding hydrogens is 557 g/mol. The van der Waals surface area contributed by atoms with Crippen molar-refractivity contribution in [2.45, 2.75) is 51.0 Å². The highest BCUT2D eigenvalue weighted by molar-refractivity contribution is 7.18. The minimum atomic E-state index is -0.456. The van der Waals surface area contributed by atoms with Crippen molar-refractivity contribution in [3.05, 3.63) is 70.0 Å². The third-order valence-corrected chi connectivity index (χ3v) is 9.23. The van der Waals surface area contributed by atoms with Gasteiger partial charge in [0, 0.05) is 42.9 Å². The fraction of sp³-hybridized carbons (Fsp3) is 0.452. The van der Waals surface area contributed by atoms with Gasteiger partial charge in [0.1, 0.15) is 28.5 Å². The molecule has 9 nitrogen and oxygen atoms in total. The summed E-state index contributed by atoms with van der Waals surface area (Å²) >= 11 is 1.49. The largest absolute Gasteiger partial charge is 0.473 e. The number of halogens is 1. The summed E-state index contributed by atoms with van der Waals surface area (Å²) in [5.41, 5.74) is 2.65. The molecule has 3 aliphatic heterocycles. The van der Waals surface area contributed by atoms with Gasteiger partial charge in [-0.1, -0.05) is 12.1 Å². The van der Waals surface area contributed by atoms with Gasteiger partial charge in [-0.2, -0.15) is 5.26 Å². The number of carbonyl (C=O) groups excluding carboxylic acids is 1. The Bertz CT molecular complexity index is 1460. The summed E-state index contributed by atoms with van der Waals surface area (Å²) < 4.78 is 31.0. The number of aromatic nitrogens is 1. The molecule has 0 spiro atoms. The van der Waals surface area contributed by atoms with Crippen molar-refractivity contribution in [1.82, 2.24) is 9.88 Å². The minimum Gasteiger partial charge on any atom is -0.473 e. The molecule has 1 aromatic carbocycles. The van der Waals surface area contributed by atoms with E-state index in [0.29, 0.717) is 28.8 Å². The molecule has 2 saturated heterocycles. The van der Waals surface area contributed by atoms with Gasteiger partial charge in [-0.3, -0.25) is 4.90 Å². The molecule has 42 heavy (non-hydrogen) atoms. The van der Waals surface area contributed by atoms with Gasteiger partial charge in [0.25, 0.3) is 0 Å². The summed E-state index contributed by atoms with van der Waals surface area (Å²) in [6, 6.07) is 14.0. The topological polar surface area (TPSA) is 100.0 Å². The van der Waals surface area contributed by atoms with Crippen LogP contribution < -0.4 is 15.0 Å². The number of ether oxygens (including phenoxy) is 3. The first kappa shape index (κ1) is 28.4. The number of rotatable bonds is 10. The zero-order valence-electron chi connectivity index (χ0n) is 23.6. The lowest BCUT2D eigenvalue weighted by molar-refractivity contribution is -0.0451. The van der Waals surface area contributed by atoms with Crippen molar-refractivity contribution in [3.63, 3.8) is 0 Å². The minimum absolute atomic E-state index is 0.0516. The van der Waals surface area contributed by atoms with E-state index < -0.39 is 5.82 Å². The van der Waals surface area contributed by atoms with E-state index in [0.717, 1.165) is 68.4 Å². The van der Waals surface area contributed by atoms with Crippen LogP contribution >= 0.6 is 11.3 Å². The zero-order valence-corrected chi connectivity index (χ0v) is 24.4. The number of piperidine rings is 1. The standard InChI is InChI=1S/C31H34FN5O4S/c1-2-39-31(38)27-15-26-30(42-27)37(17-23-10-13-40-23)28(34-26)18-36-11-8-21(9-12-36)25-4-3-5-29(35-25)41-19-22-7-6-20(16-33)14-24(22)32/h3-7,14-15,21,23,28,34H,2,8-13,17-19H2,1H3/t23-,28?/m0/s1. The van der Waals surface area contributed by atoms with Crippen LogP contribution in [0.5, 0.6) is 5.88 Å². The van der Waals surface area contributed by atoms with Gasteiger partial charge < -0.3 is 24.4 Å². The highest BCUT2D eigenvalue weighted by Gasteiger charge is 2.37. The maximum Gasteiger partial charge on any atom is 0.348 e. The van der Waals surface area contributed by atoms with E-state index in [2.05, 4.69) is 15.1 Å². The Labute approximate surface area is 248 Å². The van der Waals surface area contributed by atoms with E-state index >= 15 is 0 Å². The number of hydrogen-bond acceptors (Lipinski definition) is 10. The monoisotopic (exact) mass is 591 g/mol. The van der Waals surface area contributed by atoms with Gasteiger partial charge in [-0.25, -0.2) is 14.2 Å². The highest BCUT2D eigenvalue weighted by Crippen LogP contribution is 2.43. The molecule has 0 bridgehead atoms. The Morgan fingerprint density at radius 1 is 1.21 bits per heavy atom. The van der Waals surface area contributed by atoms with Crippen molar-refractivity contribution in [1.29, 1.82) is 5.26 Å². The Kier molecular flexibility index (Phi) is 8.55. The number of likely N-dealkylation sites (tertiary alicyclic amines) is 1. The SMILES string of the molecule is CCOC(=O)c1cc2c(s1)N(C[C@@H]1CCO1)C(CN1CCC(c3cccc(OCc4ccc(C#N)cc4F)n3)CC1)N2. The number of esters is 1. The van der Waals surface area contributed by atoms with Crippen molar-refractivity contribution in [2.24, 2.45) is 0 Å². The van der Waals surface area contributed by atoms with Crippen molar-refractivity contribution >= 4 is 28.0 Å². The van der Waals surface area contributed by atoms with Gasteiger partial charge in [-0.05, 0) is 63.5 Å². The number of anilines is 2. The lowest BCUT2D eigenvalue weighted by Crippen LogP contribution is -2.51. The molecule has 11 heteroatoms. The van der Waals surface area contributed by atoms with E-state index in [4.69, 9.17) is 24.5 Å². The number of carbonyl (C=O) groups is 1. The Hall–Kier alpha value is -3.72. The molecule has 3 aliphatic rings. The second-order valence-electron chi connectivity index (χ2n) is 10.8. The second-order valence-corrected chi connectivity index (χ2v) is 11.9. The Morgan fingerprint density at radius 2 is 2.05 bits per heavy atom. The smallest absolute Gasteiger partial charge is 0.348 e. The average Bonchev–Trinajstić information content (AvgIpc) is 3.53. The number of nitriles is 1. The van der Waals surface area contributed by atoms with Crippen LogP contribution in [0.1, 0.15) is 58.6 Å². The summed E-state index contributed by atoms with van der Waals surface area (Å²) in [6.07, 6.45) is 3.34. The number of nitrogens with one attached hydrogen (secondary N) is 1. The first-order valence-electron chi connectivity index (χ1n) is 14.5. The quantitative estimate of drug-likeness (QED) is 0.322. The summed E-state index contributed by atoms with van der Waals surface area (Å²) in [5, 5.41) is 13.7. The van der Waals surface area contributed by atoms with Crippen LogP contribution in [-0.4, -0.2) is 67.5 Å². The molecule has 0 saturated carbocycles. The maximum atomic E-state index is 14.2. The molecule has 5 heterocycles. The third-order valence-electron chi connectivity index (χ3n) is 8.08. The van der Waals surface area contributed by atoms with Crippen molar-refractivity contribution in [2.75, 3.05) is 49.6 Å². The Morgan fingerprint density at radius 3 is 2.76 bits per heavy atom. The first-order valence-corrected chi connectivity index (χ1v) is 15.3. The molecule has 3 aromatic rings.